The highest BCUT2D eigenvalue weighted by atomic mass is 32.2. The van der Waals surface area contributed by atoms with E-state index in [0.29, 0.717) is 19.6 Å². The third-order valence-electron chi connectivity index (χ3n) is 8.37. The Morgan fingerprint density at radius 2 is 1.95 bits per heavy atom. The number of ether oxygens (including phenoxy) is 1. The van der Waals surface area contributed by atoms with Crippen LogP contribution in [-0.2, 0) is 25.8 Å². The summed E-state index contributed by atoms with van der Waals surface area (Å²) in [5, 5.41) is 18.1. The average molecular weight is 552 g/mol. The van der Waals surface area contributed by atoms with Gasteiger partial charge < -0.3 is 19.6 Å². The lowest BCUT2D eigenvalue weighted by molar-refractivity contribution is -0.154. The second-order valence-corrected chi connectivity index (χ2v) is 12.6. The van der Waals surface area contributed by atoms with Crippen molar-refractivity contribution >= 4 is 40.6 Å². The number of carbonyl (C=O) groups excluding carboxylic acids is 3. The molecule has 2 amide bonds. The molecule has 0 aliphatic carbocycles. The van der Waals surface area contributed by atoms with Crippen LogP contribution in [0.3, 0.4) is 0 Å². The number of aliphatic hydroxyl groups excluding tert-OH is 1. The Morgan fingerprint density at radius 3 is 2.79 bits per heavy atom. The quantitative estimate of drug-likeness (QED) is 0.444. The number of benzene rings is 1. The van der Waals surface area contributed by atoms with Crippen LogP contribution < -0.4 is 0 Å². The van der Waals surface area contributed by atoms with E-state index in [0.717, 1.165) is 30.3 Å². The zero-order chi connectivity index (χ0) is 27.2. The van der Waals surface area contributed by atoms with Crippen molar-refractivity contribution in [1.82, 2.24) is 24.8 Å². The number of para-hydroxylation sites is 1. The first kappa shape index (κ1) is 26.1. The monoisotopic (exact) mass is 551 g/mol. The van der Waals surface area contributed by atoms with E-state index in [1.807, 2.05) is 49.4 Å². The fourth-order valence-electron chi connectivity index (χ4n) is 6.64. The summed E-state index contributed by atoms with van der Waals surface area (Å²) in [5.41, 5.74) is 1.55. The predicted molar refractivity (Wildman–Crippen MR) is 145 cm³/mol. The van der Waals surface area contributed by atoms with Crippen LogP contribution in [0.25, 0.3) is 11.0 Å². The number of rotatable bonds is 5. The third-order valence-corrected chi connectivity index (χ3v) is 10.2. The van der Waals surface area contributed by atoms with E-state index in [2.05, 4.69) is 16.4 Å². The fourth-order valence-corrected chi connectivity index (χ4v) is 8.79. The van der Waals surface area contributed by atoms with Crippen LogP contribution in [0.2, 0.25) is 0 Å². The third kappa shape index (κ3) is 4.17. The van der Waals surface area contributed by atoms with Gasteiger partial charge in [0.15, 0.2) is 0 Å². The molecule has 11 heteroatoms. The molecule has 5 atom stereocenters. The number of likely N-dealkylation sites (tertiary alicyclic amines) is 1. The number of esters is 1. The molecule has 1 aromatic heterocycles. The van der Waals surface area contributed by atoms with Gasteiger partial charge in [0.05, 0.1) is 28.7 Å². The summed E-state index contributed by atoms with van der Waals surface area (Å²) in [6.07, 6.45) is 11.0. The maximum Gasteiger partial charge on any atom is 0.311 e. The van der Waals surface area contributed by atoms with E-state index < -0.39 is 27.4 Å². The van der Waals surface area contributed by atoms with Gasteiger partial charge in [0.2, 0.25) is 11.8 Å². The summed E-state index contributed by atoms with van der Waals surface area (Å²) in [6.45, 7) is 2.95. The van der Waals surface area contributed by atoms with Crippen LogP contribution in [-0.4, -0.2) is 89.5 Å². The zero-order valence-electron chi connectivity index (χ0n) is 21.9. The van der Waals surface area contributed by atoms with E-state index in [9.17, 15) is 19.5 Å². The second-order valence-electron chi connectivity index (χ2n) is 10.9. The number of allylic oxidation sites excluding steroid dienone is 1. The van der Waals surface area contributed by atoms with Gasteiger partial charge in [-0.1, -0.05) is 41.7 Å². The number of thioether (sulfide) groups is 1. The number of nitrogens with zero attached hydrogens (tertiary/aromatic N) is 5. The van der Waals surface area contributed by atoms with Crippen LogP contribution in [0.4, 0.5) is 0 Å². The molecule has 1 N–H and O–H groups in total. The van der Waals surface area contributed by atoms with E-state index in [-0.39, 0.29) is 37.6 Å². The van der Waals surface area contributed by atoms with Gasteiger partial charge >= 0.3 is 5.97 Å². The molecule has 0 saturated carbocycles. The van der Waals surface area contributed by atoms with Crippen LogP contribution in [0.15, 0.2) is 48.6 Å². The Balaban J connectivity index is 1.42. The molecule has 2 aromatic rings. The van der Waals surface area contributed by atoms with Gasteiger partial charge in [-0.15, -0.1) is 16.9 Å². The first-order chi connectivity index (χ1) is 18.9. The molecule has 1 spiro atoms. The minimum absolute atomic E-state index is 0.105. The van der Waals surface area contributed by atoms with Gasteiger partial charge in [-0.05, 0) is 44.7 Å². The maximum atomic E-state index is 14.4. The molecule has 39 heavy (non-hydrogen) atoms. The number of aromatic nitrogens is 3. The molecular formula is C28H33N5O5S. The number of hydrogen-bond donors (Lipinski definition) is 1. The molecule has 2 fully saturated rings. The number of cyclic esters (lactones) is 1. The van der Waals surface area contributed by atoms with Crippen molar-refractivity contribution in [3.8, 4) is 0 Å². The lowest BCUT2D eigenvalue weighted by atomic mass is 9.74. The van der Waals surface area contributed by atoms with Gasteiger partial charge in [-0.2, -0.15) is 0 Å². The maximum absolute atomic E-state index is 14.4. The minimum atomic E-state index is -0.945. The number of amides is 2. The molecule has 4 aliphatic heterocycles. The Labute approximate surface area is 231 Å². The Bertz CT molecular complexity index is 1360. The molecule has 2 saturated heterocycles. The number of carbonyl (C=O) groups is 3. The van der Waals surface area contributed by atoms with Crippen LogP contribution in [0.5, 0.6) is 0 Å². The minimum Gasteiger partial charge on any atom is -0.465 e. The van der Waals surface area contributed by atoms with Crippen molar-refractivity contribution in [2.45, 2.75) is 54.8 Å². The lowest BCUT2D eigenvalue weighted by Gasteiger charge is -2.36. The Morgan fingerprint density at radius 1 is 1.10 bits per heavy atom. The first-order valence-corrected chi connectivity index (χ1v) is 14.4. The van der Waals surface area contributed by atoms with Crippen molar-refractivity contribution in [2.75, 3.05) is 26.3 Å². The molecule has 0 radical (unpaired) electrons. The lowest BCUT2D eigenvalue weighted by Crippen LogP contribution is -2.53. The second kappa shape index (κ2) is 10.1. The molecule has 1 aromatic carbocycles. The highest BCUT2D eigenvalue weighted by molar-refractivity contribution is 8.02. The van der Waals surface area contributed by atoms with Crippen molar-refractivity contribution in [3.63, 3.8) is 0 Å². The van der Waals surface area contributed by atoms with Crippen molar-refractivity contribution in [3.05, 3.63) is 48.6 Å². The molecular weight excluding hydrogens is 518 g/mol. The summed E-state index contributed by atoms with van der Waals surface area (Å²) in [5.74, 6) is -2.30. The summed E-state index contributed by atoms with van der Waals surface area (Å²) in [6, 6.07) is 6.74. The topological polar surface area (TPSA) is 118 Å². The van der Waals surface area contributed by atoms with Gasteiger partial charge in [0.25, 0.3) is 0 Å². The van der Waals surface area contributed by atoms with Crippen LogP contribution in [0, 0.1) is 11.8 Å². The van der Waals surface area contributed by atoms with Crippen molar-refractivity contribution in [1.29, 1.82) is 0 Å². The molecule has 10 nitrogen and oxygen atoms in total. The SMILES string of the molecule is C[C@@]12/C=C\CCCCOC(=O)[C@@H]1[C@H]1C(=O)N(CCCO)C3C(=O)N(Cn4nnc5ccccc54)CC=C[C@@]31S2. The van der Waals surface area contributed by atoms with Crippen molar-refractivity contribution < 1.29 is 24.2 Å². The van der Waals surface area contributed by atoms with Gasteiger partial charge in [-0.3, -0.25) is 14.4 Å². The average Bonchev–Trinajstić information content (AvgIpc) is 3.48. The Kier molecular flexibility index (Phi) is 6.74. The van der Waals surface area contributed by atoms with Crippen LogP contribution in [0.1, 0.15) is 32.6 Å². The smallest absolute Gasteiger partial charge is 0.311 e. The highest BCUT2D eigenvalue weighted by Crippen LogP contribution is 2.65. The van der Waals surface area contributed by atoms with E-state index in [4.69, 9.17) is 4.74 Å². The normalized spacial score (nSPS) is 33.5. The van der Waals surface area contributed by atoms with E-state index in [1.165, 1.54) is 11.8 Å². The summed E-state index contributed by atoms with van der Waals surface area (Å²) < 4.78 is 5.74. The zero-order valence-corrected chi connectivity index (χ0v) is 22.8. The predicted octanol–water partition coefficient (Wildman–Crippen LogP) is 2.14. The van der Waals surface area contributed by atoms with E-state index >= 15 is 0 Å². The molecule has 5 heterocycles. The molecule has 0 bridgehead atoms. The largest absolute Gasteiger partial charge is 0.465 e. The molecule has 6 rings (SSSR count). The molecule has 1 unspecified atom stereocenters. The van der Waals surface area contributed by atoms with Crippen LogP contribution >= 0.6 is 11.8 Å². The van der Waals surface area contributed by atoms with Gasteiger partial charge in [0, 0.05) is 24.4 Å². The van der Waals surface area contributed by atoms with Crippen molar-refractivity contribution in [2.24, 2.45) is 11.8 Å². The number of aliphatic hydroxyl groups is 1. The van der Waals surface area contributed by atoms with Gasteiger partial charge in [0.1, 0.15) is 18.2 Å². The fraction of sp³-hybridized carbons (Fsp3) is 0.536. The first-order valence-electron chi connectivity index (χ1n) is 13.6. The van der Waals surface area contributed by atoms with E-state index in [1.54, 1.807) is 14.5 Å². The Hall–Kier alpha value is -3.18. The standard InChI is InChI=1S/C28H33N5O5S/c1-27-12-6-2-3-7-17-38-26(37)22(27)21-24(35)32(15-9-16-34)23-25(36)31(14-8-13-28(21,23)39-27)18-33-20-11-5-4-10-19(20)29-30-33/h4-6,8,10-13,21-23,34H,2-3,7,9,14-18H2,1H3/b12-6-/t21-,22-,23?,27+,28-/m0/s1. The summed E-state index contributed by atoms with van der Waals surface area (Å²) in [7, 11) is 0. The summed E-state index contributed by atoms with van der Waals surface area (Å²) >= 11 is 1.53. The van der Waals surface area contributed by atoms with Gasteiger partial charge in [-0.25, -0.2) is 4.68 Å². The molecule has 206 valence electrons. The highest BCUT2D eigenvalue weighted by Gasteiger charge is 2.73. The number of fused-ring (bicyclic) bond motifs is 3. The molecule has 4 aliphatic rings. The summed E-state index contributed by atoms with van der Waals surface area (Å²) in [4.78, 5) is 45.4. The number of hydrogen-bond acceptors (Lipinski definition) is 8.